The number of nitrogens with one attached hydrogen (secondary N) is 1. The first-order valence-corrected chi connectivity index (χ1v) is 8.78. The molecule has 0 aliphatic carbocycles. The molecule has 2 aromatic rings. The number of carbonyl (C=O) groups excluding carboxylic acids is 2. The summed E-state index contributed by atoms with van der Waals surface area (Å²) in [4.78, 5) is 24.6. The first-order valence-electron chi connectivity index (χ1n) is 8.40. The first kappa shape index (κ1) is 21.4. The van der Waals surface area contributed by atoms with Crippen molar-refractivity contribution >= 4 is 23.5 Å². The normalized spacial score (nSPS) is 12.9. The molecule has 0 saturated heterocycles. The maximum absolute atomic E-state index is 14.2. The fourth-order valence-corrected chi connectivity index (χ4v) is 2.59. The van der Waals surface area contributed by atoms with Crippen LogP contribution in [0.4, 0.5) is 4.39 Å². The van der Waals surface area contributed by atoms with Crippen LogP contribution < -0.4 is 5.32 Å². The van der Waals surface area contributed by atoms with E-state index in [1.54, 1.807) is 20.8 Å². The molecule has 0 fully saturated rings. The van der Waals surface area contributed by atoms with Gasteiger partial charge < -0.3 is 14.6 Å². The minimum atomic E-state index is -1.11. The van der Waals surface area contributed by atoms with E-state index < -0.39 is 29.8 Å². The summed E-state index contributed by atoms with van der Waals surface area (Å²) < 4.78 is 24.2. The Kier molecular flexibility index (Phi) is 6.41. The molecule has 0 bridgehead atoms. The molecule has 0 aliphatic heterocycles. The Labute approximate surface area is 166 Å². The number of aryl methyl sites for hydroxylation is 1. The van der Waals surface area contributed by atoms with E-state index in [2.05, 4.69) is 10.5 Å². The molecule has 1 heterocycles. The van der Waals surface area contributed by atoms with Crippen molar-refractivity contribution in [3.63, 3.8) is 0 Å². The van der Waals surface area contributed by atoms with Crippen molar-refractivity contribution in [3.05, 3.63) is 40.4 Å². The lowest BCUT2D eigenvalue weighted by Crippen LogP contribution is -2.50. The number of carbonyl (C=O) groups is 2. The highest BCUT2D eigenvalue weighted by molar-refractivity contribution is 6.33. The number of halogens is 2. The molecule has 1 aromatic heterocycles. The zero-order valence-corrected chi connectivity index (χ0v) is 16.6. The van der Waals surface area contributed by atoms with Gasteiger partial charge in [-0.15, -0.1) is 0 Å². The van der Waals surface area contributed by atoms with Crippen molar-refractivity contribution in [2.24, 2.45) is 5.92 Å². The minimum Gasteiger partial charge on any atom is -0.452 e. The molecular weight excluding hydrogens is 389 g/mol. The number of esters is 1. The zero-order valence-electron chi connectivity index (χ0n) is 15.8. The molecule has 0 saturated carbocycles. The molecule has 28 heavy (non-hydrogen) atoms. The van der Waals surface area contributed by atoms with Gasteiger partial charge in [0.15, 0.2) is 6.61 Å². The smallest absolute Gasteiger partial charge is 0.344 e. The van der Waals surface area contributed by atoms with E-state index in [4.69, 9.17) is 20.9 Å². The van der Waals surface area contributed by atoms with Crippen molar-refractivity contribution in [2.75, 3.05) is 6.61 Å². The average molecular weight is 408 g/mol. The number of ether oxygens (including phenoxy) is 1. The van der Waals surface area contributed by atoms with Crippen molar-refractivity contribution in [2.45, 2.75) is 33.2 Å². The SMILES string of the molecule is Cc1onc(-c2c(F)cccc2Cl)c1C(=O)OCC(=O)N[C@](C)(C#N)C(C)C. The molecule has 148 valence electrons. The van der Waals surface area contributed by atoms with Crippen LogP contribution in [0.3, 0.4) is 0 Å². The highest BCUT2D eigenvalue weighted by Crippen LogP contribution is 2.33. The predicted octanol–water partition coefficient (Wildman–Crippen LogP) is 3.65. The van der Waals surface area contributed by atoms with Gasteiger partial charge in [0.1, 0.15) is 28.4 Å². The number of nitrogens with zero attached hydrogens (tertiary/aromatic N) is 2. The lowest BCUT2D eigenvalue weighted by atomic mass is 9.90. The second-order valence-corrected chi connectivity index (χ2v) is 7.06. The van der Waals surface area contributed by atoms with Gasteiger partial charge in [0.2, 0.25) is 0 Å². The van der Waals surface area contributed by atoms with Crippen LogP contribution in [0.1, 0.15) is 36.9 Å². The number of benzene rings is 1. The molecule has 9 heteroatoms. The molecule has 1 atom stereocenters. The number of hydrogen-bond donors (Lipinski definition) is 1. The second kappa shape index (κ2) is 8.40. The fourth-order valence-electron chi connectivity index (χ4n) is 2.34. The molecule has 1 N–H and O–H groups in total. The van der Waals surface area contributed by atoms with Gasteiger partial charge in [-0.25, -0.2) is 9.18 Å². The van der Waals surface area contributed by atoms with E-state index in [1.165, 1.54) is 25.1 Å². The third-order valence-corrected chi connectivity index (χ3v) is 4.70. The number of rotatable bonds is 6. The summed E-state index contributed by atoms with van der Waals surface area (Å²) in [6.07, 6.45) is 0. The molecular formula is C19H19ClFN3O4. The molecule has 0 unspecified atom stereocenters. The van der Waals surface area contributed by atoms with E-state index >= 15 is 0 Å². The van der Waals surface area contributed by atoms with E-state index in [1.807, 2.05) is 6.07 Å². The number of hydrogen-bond acceptors (Lipinski definition) is 6. The topological polar surface area (TPSA) is 105 Å². The average Bonchev–Trinajstić information content (AvgIpc) is 3.00. The van der Waals surface area contributed by atoms with Crippen LogP contribution in [-0.4, -0.2) is 29.2 Å². The van der Waals surface area contributed by atoms with Gasteiger partial charge in [-0.3, -0.25) is 4.79 Å². The highest BCUT2D eigenvalue weighted by Gasteiger charge is 2.31. The molecule has 1 amide bonds. The summed E-state index contributed by atoms with van der Waals surface area (Å²) in [7, 11) is 0. The Balaban J connectivity index is 2.20. The monoisotopic (exact) mass is 407 g/mol. The Morgan fingerprint density at radius 1 is 1.46 bits per heavy atom. The lowest BCUT2D eigenvalue weighted by molar-refractivity contribution is -0.125. The Morgan fingerprint density at radius 2 is 2.14 bits per heavy atom. The van der Waals surface area contributed by atoms with Gasteiger partial charge in [-0.05, 0) is 31.9 Å². The number of amides is 1. The van der Waals surface area contributed by atoms with Crippen molar-refractivity contribution in [1.82, 2.24) is 10.5 Å². The summed E-state index contributed by atoms with van der Waals surface area (Å²) in [6, 6.07) is 6.05. The summed E-state index contributed by atoms with van der Waals surface area (Å²) in [5.74, 6) is -2.33. The van der Waals surface area contributed by atoms with Crippen LogP contribution in [0.25, 0.3) is 11.3 Å². The molecule has 0 radical (unpaired) electrons. The van der Waals surface area contributed by atoms with Gasteiger partial charge in [0.25, 0.3) is 5.91 Å². The van der Waals surface area contributed by atoms with Crippen LogP contribution in [0.5, 0.6) is 0 Å². The largest absolute Gasteiger partial charge is 0.452 e. The van der Waals surface area contributed by atoms with Crippen LogP contribution in [-0.2, 0) is 9.53 Å². The van der Waals surface area contributed by atoms with E-state index in [0.717, 1.165) is 0 Å². The molecule has 2 rings (SSSR count). The van der Waals surface area contributed by atoms with Gasteiger partial charge in [-0.1, -0.05) is 36.7 Å². The van der Waals surface area contributed by atoms with Gasteiger partial charge in [0.05, 0.1) is 16.7 Å². The molecule has 0 aliphatic rings. The maximum atomic E-state index is 14.2. The third kappa shape index (κ3) is 4.31. The maximum Gasteiger partial charge on any atom is 0.344 e. The summed E-state index contributed by atoms with van der Waals surface area (Å²) in [5.41, 5.74) is -1.46. The van der Waals surface area contributed by atoms with Gasteiger partial charge >= 0.3 is 5.97 Å². The summed E-state index contributed by atoms with van der Waals surface area (Å²) in [5, 5.41) is 15.5. The highest BCUT2D eigenvalue weighted by atomic mass is 35.5. The van der Waals surface area contributed by atoms with E-state index in [0.29, 0.717) is 0 Å². The van der Waals surface area contributed by atoms with Crippen molar-refractivity contribution in [3.8, 4) is 17.3 Å². The second-order valence-electron chi connectivity index (χ2n) is 6.65. The summed E-state index contributed by atoms with van der Waals surface area (Å²) >= 11 is 6.03. The Bertz CT molecular complexity index is 931. The predicted molar refractivity (Wildman–Crippen MR) is 98.9 cm³/mol. The van der Waals surface area contributed by atoms with Crippen LogP contribution in [0.2, 0.25) is 5.02 Å². The third-order valence-electron chi connectivity index (χ3n) is 4.39. The van der Waals surface area contributed by atoms with Crippen LogP contribution >= 0.6 is 11.6 Å². The van der Waals surface area contributed by atoms with E-state index in [9.17, 15) is 19.2 Å². The fraction of sp³-hybridized carbons (Fsp3) is 0.368. The van der Waals surface area contributed by atoms with E-state index in [-0.39, 0.29) is 33.5 Å². The number of nitriles is 1. The summed E-state index contributed by atoms with van der Waals surface area (Å²) in [6.45, 7) is 5.95. The molecule has 1 aromatic carbocycles. The Hall–Kier alpha value is -2.92. The van der Waals surface area contributed by atoms with Gasteiger partial charge in [0, 0.05) is 0 Å². The zero-order chi connectivity index (χ0) is 21.1. The lowest BCUT2D eigenvalue weighted by Gasteiger charge is -2.27. The van der Waals surface area contributed by atoms with Crippen LogP contribution in [0, 0.1) is 30.0 Å². The standard InChI is InChI=1S/C19H19ClFN3O4/c1-10(2)19(4,9-22)23-14(25)8-27-18(26)15-11(3)28-24-17(15)16-12(20)6-5-7-13(16)21/h5-7,10H,8H2,1-4H3,(H,23,25)/t19-/m1/s1. The molecule has 7 nitrogen and oxygen atoms in total. The Morgan fingerprint density at radius 3 is 2.71 bits per heavy atom. The minimum absolute atomic E-state index is 0.0433. The first-order chi connectivity index (χ1) is 13.1. The number of aromatic nitrogens is 1. The quantitative estimate of drug-likeness (QED) is 0.732. The van der Waals surface area contributed by atoms with Gasteiger partial charge in [-0.2, -0.15) is 5.26 Å². The van der Waals surface area contributed by atoms with Crippen molar-refractivity contribution in [1.29, 1.82) is 5.26 Å². The van der Waals surface area contributed by atoms with Crippen LogP contribution in [0.15, 0.2) is 22.7 Å². The van der Waals surface area contributed by atoms with Crippen molar-refractivity contribution < 1.29 is 23.2 Å². The molecule has 0 spiro atoms.